The van der Waals surface area contributed by atoms with Crippen LogP contribution in [0.5, 0.6) is 0 Å². The lowest BCUT2D eigenvalue weighted by Crippen LogP contribution is -2.16. The van der Waals surface area contributed by atoms with Gasteiger partial charge in [0.1, 0.15) is 5.78 Å². The summed E-state index contributed by atoms with van der Waals surface area (Å²) < 4.78 is 0. The van der Waals surface area contributed by atoms with E-state index in [-0.39, 0.29) is 29.2 Å². The van der Waals surface area contributed by atoms with E-state index in [1.807, 2.05) is 60.7 Å². The van der Waals surface area contributed by atoms with Gasteiger partial charge in [0.25, 0.3) is 0 Å². The van der Waals surface area contributed by atoms with Crippen molar-refractivity contribution in [3.05, 3.63) is 71.8 Å². The van der Waals surface area contributed by atoms with Crippen LogP contribution in [0.3, 0.4) is 0 Å². The average molecular weight is 348 g/mol. The van der Waals surface area contributed by atoms with E-state index in [9.17, 15) is 14.4 Å². The smallest absolute Gasteiger partial charge is 0.162 e. The second kappa shape index (κ2) is 8.70. The van der Waals surface area contributed by atoms with Crippen LogP contribution in [0.25, 0.3) is 0 Å². The minimum absolute atomic E-state index is 0.0283. The molecule has 0 unspecified atom stereocenters. The highest BCUT2D eigenvalue weighted by molar-refractivity contribution is 5.97. The van der Waals surface area contributed by atoms with Gasteiger partial charge in [-0.1, -0.05) is 60.7 Å². The van der Waals surface area contributed by atoms with E-state index in [1.54, 1.807) is 0 Å². The molecule has 0 saturated heterocycles. The molecule has 1 aliphatic carbocycles. The summed E-state index contributed by atoms with van der Waals surface area (Å²) in [5, 5.41) is 0. The molecule has 2 atom stereocenters. The largest absolute Gasteiger partial charge is 0.299 e. The van der Waals surface area contributed by atoms with Crippen LogP contribution in [-0.2, 0) is 4.79 Å². The number of Topliss-reactive ketones (excluding diaryl/α,β-unsaturated/α-hetero) is 3. The number of carbonyl (C=O) groups excluding carboxylic acids is 3. The maximum absolute atomic E-state index is 12.6. The molecule has 0 heterocycles. The summed E-state index contributed by atoms with van der Waals surface area (Å²) in [6.45, 7) is 0. The Morgan fingerprint density at radius 3 is 1.46 bits per heavy atom. The zero-order chi connectivity index (χ0) is 18.4. The van der Waals surface area contributed by atoms with E-state index >= 15 is 0 Å². The molecule has 1 fully saturated rings. The quantitative estimate of drug-likeness (QED) is 0.637. The predicted molar refractivity (Wildman–Crippen MR) is 101 cm³/mol. The Balaban J connectivity index is 1.46. The molecule has 134 valence electrons. The lowest BCUT2D eigenvalue weighted by Gasteiger charge is -2.10. The van der Waals surface area contributed by atoms with Gasteiger partial charge >= 0.3 is 0 Å². The normalized spacial score (nSPS) is 19.5. The molecule has 2 aromatic carbocycles. The highest BCUT2D eigenvalue weighted by atomic mass is 16.1. The minimum Gasteiger partial charge on any atom is -0.299 e. The highest BCUT2D eigenvalue weighted by Crippen LogP contribution is 2.33. The maximum Gasteiger partial charge on any atom is 0.162 e. The number of benzene rings is 2. The fourth-order valence-corrected chi connectivity index (χ4v) is 3.74. The van der Waals surface area contributed by atoms with Crippen LogP contribution in [0, 0.1) is 11.8 Å². The van der Waals surface area contributed by atoms with Gasteiger partial charge in [0.2, 0.25) is 0 Å². The topological polar surface area (TPSA) is 51.2 Å². The first kappa shape index (κ1) is 18.2. The molecule has 0 radical (unpaired) electrons. The van der Waals surface area contributed by atoms with E-state index in [2.05, 4.69) is 0 Å². The molecule has 3 rings (SSSR count). The maximum atomic E-state index is 12.6. The van der Waals surface area contributed by atoms with Crippen molar-refractivity contribution in [2.24, 2.45) is 11.8 Å². The third-order valence-electron chi connectivity index (χ3n) is 5.30. The Morgan fingerprint density at radius 1 is 0.692 bits per heavy atom. The third-order valence-corrected chi connectivity index (χ3v) is 5.30. The third kappa shape index (κ3) is 4.54. The monoisotopic (exact) mass is 348 g/mol. The van der Waals surface area contributed by atoms with E-state index in [1.165, 1.54) is 0 Å². The van der Waals surface area contributed by atoms with E-state index in [0.29, 0.717) is 36.8 Å². The molecule has 1 aliphatic rings. The lowest BCUT2D eigenvalue weighted by molar-refractivity contribution is -0.124. The Bertz CT molecular complexity index is 699. The van der Waals surface area contributed by atoms with Crippen LogP contribution in [-0.4, -0.2) is 17.3 Å². The van der Waals surface area contributed by atoms with Gasteiger partial charge in [-0.25, -0.2) is 0 Å². The molecule has 3 nitrogen and oxygen atoms in total. The first-order valence-electron chi connectivity index (χ1n) is 9.35. The molecule has 0 bridgehead atoms. The fraction of sp³-hybridized carbons (Fsp3) is 0.348. The number of ketones is 3. The molecule has 0 N–H and O–H groups in total. The summed E-state index contributed by atoms with van der Waals surface area (Å²) >= 11 is 0. The highest BCUT2D eigenvalue weighted by Gasteiger charge is 2.34. The molecule has 0 spiro atoms. The van der Waals surface area contributed by atoms with Crippen LogP contribution in [0.1, 0.15) is 59.2 Å². The standard InChI is InChI=1S/C23H24O3/c24-21(17-7-3-1-4-8-17)15-13-19-11-12-20(23(19)26)14-16-22(25)18-9-5-2-6-10-18/h1-10,19-20H,11-16H2/t19-,20-/m0/s1. The van der Waals surface area contributed by atoms with Gasteiger partial charge in [0.05, 0.1) is 0 Å². The summed E-state index contributed by atoms with van der Waals surface area (Å²) in [7, 11) is 0. The Kier molecular flexibility index (Phi) is 6.11. The van der Waals surface area contributed by atoms with Crippen molar-refractivity contribution in [3.63, 3.8) is 0 Å². The molecule has 0 aromatic heterocycles. The van der Waals surface area contributed by atoms with Crippen molar-refractivity contribution < 1.29 is 14.4 Å². The van der Waals surface area contributed by atoms with Crippen LogP contribution in [0.2, 0.25) is 0 Å². The summed E-state index contributed by atoms with van der Waals surface area (Å²) in [6.07, 6.45) is 3.74. The Labute approximate surface area is 154 Å². The zero-order valence-electron chi connectivity index (χ0n) is 14.9. The van der Waals surface area contributed by atoms with Gasteiger partial charge in [0.15, 0.2) is 11.6 Å². The SMILES string of the molecule is O=C(CC[C@@H]1CC[C@@H](CCC(=O)c2ccccc2)C1=O)c1ccccc1. The second-order valence-corrected chi connectivity index (χ2v) is 7.03. The molecule has 2 aromatic rings. The molecular formula is C23H24O3. The fourth-order valence-electron chi connectivity index (χ4n) is 3.74. The van der Waals surface area contributed by atoms with Crippen molar-refractivity contribution in [2.75, 3.05) is 0 Å². The zero-order valence-corrected chi connectivity index (χ0v) is 14.9. The first-order chi connectivity index (χ1) is 12.6. The summed E-state index contributed by atoms with van der Waals surface area (Å²) in [4.78, 5) is 37.0. The summed E-state index contributed by atoms with van der Waals surface area (Å²) in [5.41, 5.74) is 1.42. The number of hydrogen-bond acceptors (Lipinski definition) is 3. The Morgan fingerprint density at radius 2 is 1.08 bits per heavy atom. The second-order valence-electron chi connectivity index (χ2n) is 7.03. The van der Waals surface area contributed by atoms with Crippen molar-refractivity contribution in [2.45, 2.75) is 38.5 Å². The average Bonchev–Trinajstić information content (AvgIpc) is 3.05. The van der Waals surface area contributed by atoms with Gasteiger partial charge in [0, 0.05) is 35.8 Å². The van der Waals surface area contributed by atoms with Crippen molar-refractivity contribution in [3.8, 4) is 0 Å². The first-order valence-corrected chi connectivity index (χ1v) is 9.35. The van der Waals surface area contributed by atoms with Gasteiger partial charge < -0.3 is 0 Å². The van der Waals surface area contributed by atoms with Gasteiger partial charge in [-0.3, -0.25) is 14.4 Å². The number of hydrogen-bond donors (Lipinski definition) is 0. The molecule has 26 heavy (non-hydrogen) atoms. The molecule has 0 amide bonds. The Hall–Kier alpha value is -2.55. The number of carbonyl (C=O) groups is 3. The molecule has 1 saturated carbocycles. The lowest BCUT2D eigenvalue weighted by atomic mass is 9.92. The van der Waals surface area contributed by atoms with Crippen molar-refractivity contribution in [1.29, 1.82) is 0 Å². The summed E-state index contributed by atoms with van der Waals surface area (Å²) in [5.74, 6) is 0.382. The van der Waals surface area contributed by atoms with Crippen molar-refractivity contribution in [1.82, 2.24) is 0 Å². The van der Waals surface area contributed by atoms with Gasteiger partial charge in [-0.2, -0.15) is 0 Å². The van der Waals surface area contributed by atoms with Crippen molar-refractivity contribution >= 4 is 17.3 Å². The molecular weight excluding hydrogens is 324 g/mol. The van der Waals surface area contributed by atoms with Crippen LogP contribution >= 0.6 is 0 Å². The van der Waals surface area contributed by atoms with Crippen LogP contribution in [0.15, 0.2) is 60.7 Å². The molecule has 0 aliphatic heterocycles. The van der Waals surface area contributed by atoms with E-state index in [0.717, 1.165) is 12.8 Å². The van der Waals surface area contributed by atoms with E-state index < -0.39 is 0 Å². The van der Waals surface area contributed by atoms with Crippen LogP contribution < -0.4 is 0 Å². The summed E-state index contributed by atoms with van der Waals surface area (Å²) in [6, 6.07) is 18.5. The van der Waals surface area contributed by atoms with Crippen LogP contribution in [0.4, 0.5) is 0 Å². The predicted octanol–water partition coefficient (Wildman–Crippen LogP) is 4.91. The van der Waals surface area contributed by atoms with Gasteiger partial charge in [-0.15, -0.1) is 0 Å². The van der Waals surface area contributed by atoms with E-state index in [4.69, 9.17) is 0 Å². The molecule has 3 heteroatoms. The minimum atomic E-state index is -0.0283. The van der Waals surface area contributed by atoms with Gasteiger partial charge in [-0.05, 0) is 25.7 Å². The number of rotatable bonds is 8.